The Morgan fingerprint density at radius 3 is 2.70 bits per heavy atom. The fraction of sp³-hybridized carbons (Fsp3) is 0.125. The first kappa shape index (κ1) is 16.9. The van der Waals surface area contributed by atoms with Crippen LogP contribution in [-0.2, 0) is 11.3 Å². The number of carbonyl (C=O) groups is 1. The number of halogens is 1. The van der Waals surface area contributed by atoms with Gasteiger partial charge in [0.15, 0.2) is 5.11 Å². The van der Waals surface area contributed by atoms with E-state index in [2.05, 4.69) is 16.2 Å². The number of methoxy groups -OCH3 is 1. The fourth-order valence-corrected chi connectivity index (χ4v) is 2.03. The molecule has 1 amide bonds. The van der Waals surface area contributed by atoms with Gasteiger partial charge in [0.25, 0.3) is 5.91 Å². The summed E-state index contributed by atoms with van der Waals surface area (Å²) in [5.74, 6) is -0.795. The Morgan fingerprint density at radius 2 is 1.96 bits per heavy atom. The molecule has 0 fully saturated rings. The first-order chi connectivity index (χ1) is 11.1. The molecule has 3 N–H and O–H groups in total. The van der Waals surface area contributed by atoms with Crippen molar-refractivity contribution >= 4 is 28.9 Å². The number of carbonyl (C=O) groups excluding carboxylic acids is 1. The lowest BCUT2D eigenvalue weighted by molar-refractivity contribution is 0.0944. The molecule has 0 spiro atoms. The summed E-state index contributed by atoms with van der Waals surface area (Å²) >= 11 is 5.01. The molecule has 2 rings (SSSR count). The molecule has 0 aromatic heterocycles. The van der Waals surface area contributed by atoms with Crippen molar-refractivity contribution in [3.05, 3.63) is 65.5 Å². The summed E-state index contributed by atoms with van der Waals surface area (Å²) < 4.78 is 18.5. The Labute approximate surface area is 138 Å². The number of rotatable bonds is 4. The molecule has 0 heterocycles. The van der Waals surface area contributed by atoms with E-state index >= 15 is 0 Å². The van der Waals surface area contributed by atoms with Crippen LogP contribution in [0.1, 0.15) is 15.9 Å². The highest BCUT2D eigenvalue weighted by atomic mass is 32.1. The van der Waals surface area contributed by atoms with Crippen LogP contribution in [0, 0.1) is 5.82 Å². The van der Waals surface area contributed by atoms with Gasteiger partial charge in [0.05, 0.1) is 12.3 Å². The molecule has 0 bridgehead atoms. The number of thiocarbonyl (C=S) groups is 1. The minimum atomic E-state index is -0.435. The van der Waals surface area contributed by atoms with Gasteiger partial charge in [0, 0.05) is 12.7 Å². The van der Waals surface area contributed by atoms with E-state index in [9.17, 15) is 9.18 Å². The Hall–Kier alpha value is -2.51. The SMILES string of the molecule is COCc1cccc(C(=O)NNC(=S)Nc2ccccc2F)c1. The first-order valence-electron chi connectivity index (χ1n) is 6.80. The number of hydrogen-bond acceptors (Lipinski definition) is 3. The molecule has 0 radical (unpaired) electrons. The van der Waals surface area contributed by atoms with Crippen LogP contribution in [0.25, 0.3) is 0 Å². The van der Waals surface area contributed by atoms with E-state index in [0.29, 0.717) is 12.2 Å². The van der Waals surface area contributed by atoms with Crippen LogP contribution in [0.3, 0.4) is 0 Å². The number of benzene rings is 2. The quantitative estimate of drug-likeness (QED) is 0.593. The molecule has 2 aromatic rings. The molecule has 0 unspecified atom stereocenters. The summed E-state index contributed by atoms with van der Waals surface area (Å²) in [6.07, 6.45) is 0. The zero-order valence-corrected chi connectivity index (χ0v) is 13.2. The van der Waals surface area contributed by atoms with Gasteiger partial charge in [-0.05, 0) is 42.0 Å². The van der Waals surface area contributed by atoms with Crippen molar-refractivity contribution in [2.24, 2.45) is 0 Å². The first-order valence-corrected chi connectivity index (χ1v) is 7.20. The van der Waals surface area contributed by atoms with Gasteiger partial charge in [-0.2, -0.15) is 0 Å². The van der Waals surface area contributed by atoms with Gasteiger partial charge in [0.2, 0.25) is 0 Å². The van der Waals surface area contributed by atoms with Crippen molar-refractivity contribution in [2.75, 3.05) is 12.4 Å². The average molecular weight is 333 g/mol. The maximum atomic E-state index is 13.5. The minimum absolute atomic E-state index is 0.0801. The Balaban J connectivity index is 1.90. The lowest BCUT2D eigenvalue weighted by atomic mass is 10.1. The van der Waals surface area contributed by atoms with Crippen molar-refractivity contribution < 1.29 is 13.9 Å². The predicted octanol–water partition coefficient (Wildman–Crippen LogP) is 2.60. The second kappa shape index (κ2) is 8.21. The highest BCUT2D eigenvalue weighted by molar-refractivity contribution is 7.80. The van der Waals surface area contributed by atoms with Crippen molar-refractivity contribution in [3.8, 4) is 0 Å². The maximum Gasteiger partial charge on any atom is 0.269 e. The highest BCUT2D eigenvalue weighted by Gasteiger charge is 2.07. The lowest BCUT2D eigenvalue weighted by Crippen LogP contribution is -2.43. The number of anilines is 1. The summed E-state index contributed by atoms with van der Waals surface area (Å²) in [6.45, 7) is 0.418. The number of hydrazine groups is 1. The fourth-order valence-electron chi connectivity index (χ4n) is 1.87. The molecule has 0 aliphatic heterocycles. The Morgan fingerprint density at radius 1 is 1.17 bits per heavy atom. The van der Waals surface area contributed by atoms with E-state index in [1.165, 1.54) is 6.07 Å². The van der Waals surface area contributed by atoms with Crippen LogP contribution < -0.4 is 16.2 Å². The van der Waals surface area contributed by atoms with Gasteiger partial charge in [0.1, 0.15) is 5.82 Å². The van der Waals surface area contributed by atoms with E-state index < -0.39 is 5.82 Å². The number of para-hydroxylation sites is 1. The van der Waals surface area contributed by atoms with Gasteiger partial charge in [-0.1, -0.05) is 24.3 Å². The molecule has 0 saturated heterocycles. The third-order valence-electron chi connectivity index (χ3n) is 2.91. The lowest BCUT2D eigenvalue weighted by Gasteiger charge is -2.12. The molecular weight excluding hydrogens is 317 g/mol. The Bertz CT molecular complexity index is 709. The van der Waals surface area contributed by atoms with Gasteiger partial charge in [-0.3, -0.25) is 15.6 Å². The molecule has 7 heteroatoms. The normalized spacial score (nSPS) is 10.0. The summed E-state index contributed by atoms with van der Waals surface area (Å²) in [5, 5.41) is 2.74. The monoisotopic (exact) mass is 333 g/mol. The minimum Gasteiger partial charge on any atom is -0.380 e. The smallest absolute Gasteiger partial charge is 0.269 e. The number of nitrogens with one attached hydrogen (secondary N) is 3. The summed E-state index contributed by atoms with van der Waals surface area (Å²) in [6, 6.07) is 13.1. The van der Waals surface area contributed by atoms with Crippen molar-refractivity contribution in [2.45, 2.75) is 6.61 Å². The molecular formula is C16H16FN3O2S. The molecule has 2 aromatic carbocycles. The van der Waals surface area contributed by atoms with Crippen LogP contribution in [0.15, 0.2) is 48.5 Å². The zero-order chi connectivity index (χ0) is 16.7. The standard InChI is InChI=1S/C16H16FN3O2S/c1-22-10-11-5-4-6-12(9-11)15(21)19-20-16(23)18-14-8-3-2-7-13(14)17/h2-9H,10H2,1H3,(H,19,21)(H2,18,20,23). The van der Waals surface area contributed by atoms with E-state index in [1.54, 1.807) is 43.5 Å². The summed E-state index contributed by atoms with van der Waals surface area (Å²) in [5.41, 5.74) is 6.55. The van der Waals surface area contributed by atoms with Gasteiger partial charge in [-0.15, -0.1) is 0 Å². The van der Waals surface area contributed by atoms with Crippen LogP contribution in [0.4, 0.5) is 10.1 Å². The molecule has 23 heavy (non-hydrogen) atoms. The molecule has 0 saturated carbocycles. The van der Waals surface area contributed by atoms with Crippen molar-refractivity contribution in [3.63, 3.8) is 0 Å². The second-order valence-corrected chi connectivity index (χ2v) is 5.05. The largest absolute Gasteiger partial charge is 0.380 e. The van der Waals surface area contributed by atoms with E-state index in [1.807, 2.05) is 6.07 Å². The van der Waals surface area contributed by atoms with Gasteiger partial charge in [-0.25, -0.2) is 4.39 Å². The van der Waals surface area contributed by atoms with E-state index in [4.69, 9.17) is 17.0 Å². The average Bonchev–Trinajstić information content (AvgIpc) is 2.55. The third kappa shape index (κ3) is 5.01. The number of hydrogen-bond donors (Lipinski definition) is 3. The second-order valence-electron chi connectivity index (χ2n) is 4.65. The predicted molar refractivity (Wildman–Crippen MR) is 90.4 cm³/mol. The zero-order valence-electron chi connectivity index (χ0n) is 12.4. The van der Waals surface area contributed by atoms with Crippen LogP contribution >= 0.6 is 12.2 Å². The molecule has 5 nitrogen and oxygen atoms in total. The van der Waals surface area contributed by atoms with Crippen LogP contribution in [0.5, 0.6) is 0 Å². The Kier molecular flexibility index (Phi) is 6.02. The van der Waals surface area contributed by atoms with Gasteiger partial charge < -0.3 is 10.1 Å². The number of ether oxygens (including phenoxy) is 1. The van der Waals surface area contributed by atoms with Crippen LogP contribution in [0.2, 0.25) is 0 Å². The third-order valence-corrected chi connectivity index (χ3v) is 3.12. The molecule has 120 valence electrons. The topological polar surface area (TPSA) is 62.4 Å². The maximum absolute atomic E-state index is 13.5. The van der Waals surface area contributed by atoms with Crippen LogP contribution in [-0.4, -0.2) is 18.1 Å². The molecule has 0 aliphatic rings. The van der Waals surface area contributed by atoms with Gasteiger partial charge >= 0.3 is 0 Å². The number of amides is 1. The molecule has 0 aliphatic carbocycles. The molecule has 0 atom stereocenters. The van der Waals surface area contributed by atoms with E-state index in [0.717, 1.165) is 5.56 Å². The van der Waals surface area contributed by atoms with E-state index in [-0.39, 0.29) is 16.7 Å². The summed E-state index contributed by atoms with van der Waals surface area (Å²) in [7, 11) is 1.58. The van der Waals surface area contributed by atoms with Crippen molar-refractivity contribution in [1.82, 2.24) is 10.9 Å². The van der Waals surface area contributed by atoms with Crippen molar-refractivity contribution in [1.29, 1.82) is 0 Å². The highest BCUT2D eigenvalue weighted by Crippen LogP contribution is 2.11. The summed E-state index contributed by atoms with van der Waals surface area (Å²) in [4.78, 5) is 12.0.